The molecule has 0 aliphatic heterocycles. The highest BCUT2D eigenvalue weighted by Gasteiger charge is 2.23. The van der Waals surface area contributed by atoms with Crippen LogP contribution in [0, 0.1) is 0 Å². The van der Waals surface area contributed by atoms with Gasteiger partial charge >= 0.3 is 5.97 Å². The number of nitrogens with zero attached hydrogens (tertiary/aromatic N) is 2. The molecule has 0 spiro atoms. The van der Waals surface area contributed by atoms with Gasteiger partial charge in [-0.15, -0.1) is 23.1 Å². The lowest BCUT2D eigenvalue weighted by atomic mass is 10.1. The third-order valence-corrected chi connectivity index (χ3v) is 4.58. The first kappa shape index (κ1) is 14.6. The number of nitrogens with one attached hydrogen (secondary N) is 1. The molecule has 2 aromatic heterocycles. The molecule has 0 aliphatic rings. The average molecular weight is 311 g/mol. The van der Waals surface area contributed by atoms with Crippen molar-refractivity contribution >= 4 is 35.0 Å². The van der Waals surface area contributed by atoms with Crippen molar-refractivity contribution in [2.45, 2.75) is 10.3 Å². The molecule has 2 rings (SSSR count). The predicted octanol–water partition coefficient (Wildman–Crippen LogP) is 1.52. The van der Waals surface area contributed by atoms with Crippen LogP contribution in [0.2, 0.25) is 0 Å². The zero-order valence-electron chi connectivity index (χ0n) is 10.6. The van der Waals surface area contributed by atoms with Gasteiger partial charge in [-0.2, -0.15) is 5.10 Å². The van der Waals surface area contributed by atoms with E-state index in [0.29, 0.717) is 5.56 Å². The maximum atomic E-state index is 11.8. The van der Waals surface area contributed by atoms with E-state index in [4.69, 9.17) is 0 Å². The molecule has 20 heavy (non-hydrogen) atoms. The summed E-state index contributed by atoms with van der Waals surface area (Å²) >= 11 is 2.93. The molecular weight excluding hydrogens is 298 g/mol. The van der Waals surface area contributed by atoms with Crippen molar-refractivity contribution in [3.8, 4) is 0 Å². The molecule has 6 nitrogen and oxygen atoms in total. The number of amides is 1. The Labute approximate surface area is 123 Å². The number of hydrogen-bond acceptors (Lipinski definition) is 5. The molecule has 1 atom stereocenters. The van der Waals surface area contributed by atoms with E-state index < -0.39 is 12.0 Å². The van der Waals surface area contributed by atoms with Gasteiger partial charge in [-0.25, -0.2) is 4.79 Å². The van der Waals surface area contributed by atoms with E-state index in [9.17, 15) is 14.7 Å². The molecule has 106 valence electrons. The minimum absolute atomic E-state index is 0.185. The smallest absolute Gasteiger partial charge is 0.331 e. The summed E-state index contributed by atoms with van der Waals surface area (Å²) in [5.41, 5.74) is 0.453. The maximum absolute atomic E-state index is 11.8. The second-order valence-electron chi connectivity index (χ2n) is 4.01. The summed E-state index contributed by atoms with van der Waals surface area (Å²) in [5.74, 6) is -1.24. The lowest BCUT2D eigenvalue weighted by Gasteiger charge is -2.12. The van der Waals surface area contributed by atoms with Crippen LogP contribution in [0.25, 0.3) is 0 Å². The number of carboxylic acids is 1. The van der Waals surface area contributed by atoms with E-state index in [1.54, 1.807) is 24.6 Å². The number of aryl methyl sites for hydroxylation is 1. The van der Waals surface area contributed by atoms with Crippen molar-refractivity contribution in [3.63, 3.8) is 0 Å². The first-order chi connectivity index (χ1) is 9.56. The quantitative estimate of drug-likeness (QED) is 0.790. The van der Waals surface area contributed by atoms with E-state index >= 15 is 0 Å². The van der Waals surface area contributed by atoms with Crippen molar-refractivity contribution in [2.75, 3.05) is 5.75 Å². The number of aliphatic carboxylic acids is 1. The highest BCUT2D eigenvalue weighted by Crippen LogP contribution is 2.23. The number of carboxylic acid groups (broad SMARTS) is 1. The molecule has 2 N–H and O–H groups in total. The van der Waals surface area contributed by atoms with Gasteiger partial charge in [0.1, 0.15) is 0 Å². The summed E-state index contributed by atoms with van der Waals surface area (Å²) in [5, 5.41) is 17.5. The van der Waals surface area contributed by atoms with Crippen molar-refractivity contribution in [1.29, 1.82) is 0 Å². The number of thioether (sulfide) groups is 1. The molecule has 1 unspecified atom stereocenters. The third kappa shape index (κ3) is 3.84. The molecule has 0 bridgehead atoms. The number of carbonyl (C=O) groups excluding carboxylic acids is 1. The zero-order chi connectivity index (χ0) is 14.5. The molecule has 0 saturated heterocycles. The SMILES string of the molecule is Cn1cc(C(NC(=O)CSc2cccs2)C(=O)O)cn1. The second kappa shape index (κ2) is 6.58. The Morgan fingerprint density at radius 1 is 1.60 bits per heavy atom. The zero-order valence-corrected chi connectivity index (χ0v) is 12.3. The number of rotatable bonds is 6. The molecule has 8 heteroatoms. The van der Waals surface area contributed by atoms with Gasteiger partial charge in [0.2, 0.25) is 5.91 Å². The van der Waals surface area contributed by atoms with E-state index in [0.717, 1.165) is 4.21 Å². The minimum Gasteiger partial charge on any atom is -0.479 e. The number of thiophene rings is 1. The Hall–Kier alpha value is -1.80. The van der Waals surface area contributed by atoms with Crippen LogP contribution in [0.1, 0.15) is 11.6 Å². The Morgan fingerprint density at radius 3 is 2.95 bits per heavy atom. The molecular formula is C12H13N3O3S2. The monoisotopic (exact) mass is 311 g/mol. The van der Waals surface area contributed by atoms with Gasteiger partial charge in [-0.05, 0) is 11.4 Å². The van der Waals surface area contributed by atoms with E-state index in [2.05, 4.69) is 10.4 Å². The molecule has 2 aromatic rings. The summed E-state index contributed by atoms with van der Waals surface area (Å²) in [6, 6.07) is 2.75. The lowest BCUT2D eigenvalue weighted by molar-refractivity contribution is -0.141. The van der Waals surface area contributed by atoms with Crippen LogP contribution in [0.15, 0.2) is 34.1 Å². The van der Waals surface area contributed by atoms with E-state index in [-0.39, 0.29) is 11.7 Å². The Morgan fingerprint density at radius 2 is 2.40 bits per heavy atom. The molecule has 2 heterocycles. The van der Waals surface area contributed by atoms with Crippen molar-refractivity contribution in [3.05, 3.63) is 35.5 Å². The van der Waals surface area contributed by atoms with Crippen LogP contribution in [0.5, 0.6) is 0 Å². The van der Waals surface area contributed by atoms with Gasteiger partial charge < -0.3 is 10.4 Å². The van der Waals surface area contributed by atoms with Gasteiger partial charge in [0.05, 0.1) is 16.2 Å². The summed E-state index contributed by atoms with van der Waals surface area (Å²) in [6.07, 6.45) is 3.01. The summed E-state index contributed by atoms with van der Waals surface area (Å²) in [7, 11) is 1.69. The fourth-order valence-electron chi connectivity index (χ4n) is 1.56. The predicted molar refractivity (Wildman–Crippen MR) is 76.8 cm³/mol. The number of hydrogen-bond donors (Lipinski definition) is 2. The first-order valence-corrected chi connectivity index (χ1v) is 7.60. The van der Waals surface area contributed by atoms with Crippen LogP contribution >= 0.6 is 23.1 Å². The van der Waals surface area contributed by atoms with Crippen LogP contribution in [0.3, 0.4) is 0 Å². The lowest BCUT2D eigenvalue weighted by Crippen LogP contribution is -2.34. The van der Waals surface area contributed by atoms with Crippen LogP contribution in [0.4, 0.5) is 0 Å². The summed E-state index contributed by atoms with van der Waals surface area (Å²) in [6.45, 7) is 0. The summed E-state index contributed by atoms with van der Waals surface area (Å²) in [4.78, 5) is 23.0. The number of aromatic nitrogens is 2. The second-order valence-corrected chi connectivity index (χ2v) is 6.23. The third-order valence-electron chi connectivity index (χ3n) is 2.45. The minimum atomic E-state index is -1.10. The molecule has 0 fully saturated rings. The van der Waals surface area contributed by atoms with Gasteiger partial charge in [0.25, 0.3) is 0 Å². The topological polar surface area (TPSA) is 84.2 Å². The fraction of sp³-hybridized carbons (Fsp3) is 0.250. The van der Waals surface area contributed by atoms with Crippen molar-refractivity contribution in [1.82, 2.24) is 15.1 Å². The summed E-state index contributed by atoms with van der Waals surface area (Å²) < 4.78 is 2.52. The van der Waals surface area contributed by atoms with Gasteiger partial charge in [0.15, 0.2) is 6.04 Å². The maximum Gasteiger partial charge on any atom is 0.331 e. The Bertz CT molecular complexity index is 595. The van der Waals surface area contributed by atoms with Crippen molar-refractivity contribution < 1.29 is 14.7 Å². The van der Waals surface area contributed by atoms with Crippen LogP contribution in [-0.4, -0.2) is 32.5 Å². The molecule has 0 saturated carbocycles. The Balaban J connectivity index is 1.94. The molecule has 1 amide bonds. The van der Waals surface area contributed by atoms with E-state index in [1.165, 1.54) is 22.6 Å². The average Bonchev–Trinajstić information content (AvgIpc) is 3.04. The largest absolute Gasteiger partial charge is 0.479 e. The molecule has 0 aromatic carbocycles. The van der Waals surface area contributed by atoms with Gasteiger partial charge in [-0.1, -0.05) is 6.07 Å². The Kier molecular flexibility index (Phi) is 4.80. The van der Waals surface area contributed by atoms with Gasteiger partial charge in [0, 0.05) is 18.8 Å². The highest BCUT2D eigenvalue weighted by atomic mass is 32.2. The standard InChI is InChI=1S/C12H13N3O3S2/c1-15-6-8(5-13-15)11(12(17)18)14-9(16)7-20-10-3-2-4-19-10/h2-6,11H,7H2,1H3,(H,14,16)(H,17,18). The molecule has 0 aliphatic carbocycles. The molecule has 0 radical (unpaired) electrons. The highest BCUT2D eigenvalue weighted by molar-refractivity contribution is 8.01. The van der Waals surface area contributed by atoms with E-state index in [1.807, 2.05) is 17.5 Å². The normalized spacial score (nSPS) is 12.1. The van der Waals surface area contributed by atoms with Crippen LogP contribution in [-0.2, 0) is 16.6 Å². The number of carbonyl (C=O) groups is 2. The first-order valence-electron chi connectivity index (χ1n) is 5.73. The van der Waals surface area contributed by atoms with Crippen LogP contribution < -0.4 is 5.32 Å². The van der Waals surface area contributed by atoms with Crippen molar-refractivity contribution in [2.24, 2.45) is 7.05 Å². The van der Waals surface area contributed by atoms with Gasteiger partial charge in [-0.3, -0.25) is 9.48 Å². The fourth-order valence-corrected chi connectivity index (χ4v) is 3.16.